The molecule has 0 atom stereocenters. The van der Waals surface area contributed by atoms with Gasteiger partial charge in [-0.1, -0.05) is 57.9 Å². The molecule has 4 heteroatoms. The molecule has 26 heavy (non-hydrogen) atoms. The second kappa shape index (κ2) is 9.43. The molecule has 0 aliphatic carbocycles. The van der Waals surface area contributed by atoms with Gasteiger partial charge in [0.15, 0.2) is 11.5 Å². The molecule has 0 amide bonds. The number of aromatic nitrogens is 2. The lowest BCUT2D eigenvalue weighted by Gasteiger charge is -2.08. The fourth-order valence-corrected chi connectivity index (χ4v) is 2.69. The minimum atomic E-state index is 0.200. The number of fused-ring (bicyclic) bond motifs is 2. The first-order chi connectivity index (χ1) is 12.9. The van der Waals surface area contributed by atoms with Crippen LogP contribution in [0.25, 0.3) is 10.9 Å². The van der Waals surface area contributed by atoms with Crippen molar-refractivity contribution in [2.75, 3.05) is 6.79 Å². The Kier molecular flexibility index (Phi) is 6.99. The average Bonchev–Trinajstić information content (AvgIpc) is 3.22. The van der Waals surface area contributed by atoms with Crippen molar-refractivity contribution in [3.05, 3.63) is 59.5 Å². The van der Waals surface area contributed by atoms with Gasteiger partial charge in [-0.05, 0) is 12.1 Å². The smallest absolute Gasteiger partial charge is 0.231 e. The molecular weight excluding hydrogens is 324 g/mol. The molecule has 4 rings (SSSR count). The monoisotopic (exact) mass is 348 g/mol. The molecule has 0 unspecified atom stereocenters. The number of benzene rings is 2. The average molecular weight is 348 g/mol. The second-order valence-electron chi connectivity index (χ2n) is 5.00. The molecule has 0 bridgehead atoms. The molecular formula is C22H24N2O2. The van der Waals surface area contributed by atoms with Crippen LogP contribution in [0.15, 0.2) is 42.7 Å². The molecule has 0 fully saturated rings. The van der Waals surface area contributed by atoms with Crippen LogP contribution in [0.3, 0.4) is 0 Å². The number of nitrogens with zero attached hydrogens (tertiary/aromatic N) is 2. The van der Waals surface area contributed by atoms with E-state index in [0.717, 1.165) is 27.9 Å². The molecule has 0 N–H and O–H groups in total. The van der Waals surface area contributed by atoms with Crippen molar-refractivity contribution in [1.82, 2.24) is 9.97 Å². The highest BCUT2D eigenvalue weighted by molar-refractivity contribution is 5.81. The van der Waals surface area contributed by atoms with Gasteiger partial charge in [0.05, 0.1) is 16.8 Å². The van der Waals surface area contributed by atoms with Gasteiger partial charge in [-0.15, -0.1) is 6.42 Å². The maximum Gasteiger partial charge on any atom is 0.231 e. The Balaban J connectivity index is 0.000000570. The van der Waals surface area contributed by atoms with Crippen molar-refractivity contribution in [2.45, 2.75) is 34.1 Å². The summed E-state index contributed by atoms with van der Waals surface area (Å²) in [5, 5.41) is 1.04. The van der Waals surface area contributed by atoms with Crippen LogP contribution in [-0.4, -0.2) is 16.8 Å². The standard InChI is InChI=1S/C18H12N2O2.2C2H6/c1-2-12-7-8-13(18-17(12)21-11-22-18)9-16-14-5-3-4-6-15(14)19-10-20-16;2*1-2/h1,3-8,10H,9,11H2;2*1-2H3. The summed E-state index contributed by atoms with van der Waals surface area (Å²) in [7, 11) is 0. The van der Waals surface area contributed by atoms with Crippen LogP contribution in [0, 0.1) is 12.3 Å². The van der Waals surface area contributed by atoms with Gasteiger partial charge in [-0.3, -0.25) is 0 Å². The van der Waals surface area contributed by atoms with E-state index in [9.17, 15) is 0 Å². The predicted octanol–water partition coefficient (Wildman–Crippen LogP) is 4.98. The van der Waals surface area contributed by atoms with Crippen LogP contribution in [0.5, 0.6) is 11.5 Å². The first kappa shape index (κ1) is 19.3. The minimum absolute atomic E-state index is 0.200. The summed E-state index contributed by atoms with van der Waals surface area (Å²) >= 11 is 0. The van der Waals surface area contributed by atoms with Crippen LogP contribution in [-0.2, 0) is 6.42 Å². The molecule has 0 saturated carbocycles. The third-order valence-electron chi connectivity index (χ3n) is 3.74. The first-order valence-corrected chi connectivity index (χ1v) is 8.93. The third-order valence-corrected chi connectivity index (χ3v) is 3.74. The topological polar surface area (TPSA) is 44.2 Å². The molecule has 0 spiro atoms. The quantitative estimate of drug-likeness (QED) is 0.613. The molecule has 3 aromatic rings. The SMILES string of the molecule is C#Cc1ccc(Cc2ncnc3ccccc23)c2c1OCO2.CC.CC. The van der Waals surface area contributed by atoms with Crippen molar-refractivity contribution in [2.24, 2.45) is 0 Å². The van der Waals surface area contributed by atoms with Crippen LogP contribution in [0.1, 0.15) is 44.5 Å². The largest absolute Gasteiger partial charge is 0.453 e. The van der Waals surface area contributed by atoms with E-state index in [4.69, 9.17) is 15.9 Å². The second-order valence-corrected chi connectivity index (χ2v) is 5.00. The van der Waals surface area contributed by atoms with Crippen molar-refractivity contribution in [3.63, 3.8) is 0 Å². The summed E-state index contributed by atoms with van der Waals surface area (Å²) in [6, 6.07) is 11.8. The van der Waals surface area contributed by atoms with E-state index < -0.39 is 0 Å². The van der Waals surface area contributed by atoms with Crippen molar-refractivity contribution >= 4 is 10.9 Å². The Hall–Kier alpha value is -3.06. The molecule has 134 valence electrons. The molecule has 0 saturated heterocycles. The molecule has 4 nitrogen and oxygen atoms in total. The molecule has 2 heterocycles. The highest BCUT2D eigenvalue weighted by Crippen LogP contribution is 2.39. The lowest BCUT2D eigenvalue weighted by molar-refractivity contribution is 0.173. The summed E-state index contributed by atoms with van der Waals surface area (Å²) in [5.74, 6) is 3.99. The third kappa shape index (κ3) is 3.78. The van der Waals surface area contributed by atoms with E-state index in [-0.39, 0.29) is 6.79 Å². The zero-order valence-electron chi connectivity index (χ0n) is 15.7. The van der Waals surface area contributed by atoms with Crippen LogP contribution >= 0.6 is 0 Å². The lowest BCUT2D eigenvalue weighted by atomic mass is 10.0. The molecule has 1 aliphatic heterocycles. The van der Waals surface area contributed by atoms with Gasteiger partial charge in [0.1, 0.15) is 6.33 Å². The highest BCUT2D eigenvalue weighted by atomic mass is 16.7. The van der Waals surface area contributed by atoms with E-state index >= 15 is 0 Å². The number of para-hydroxylation sites is 1. The Labute approximate surface area is 155 Å². The Morgan fingerprint density at radius 1 is 0.962 bits per heavy atom. The predicted molar refractivity (Wildman–Crippen MR) is 106 cm³/mol. The number of terminal acetylenes is 1. The van der Waals surface area contributed by atoms with E-state index in [2.05, 4.69) is 15.9 Å². The van der Waals surface area contributed by atoms with Crippen molar-refractivity contribution in [1.29, 1.82) is 0 Å². The van der Waals surface area contributed by atoms with E-state index in [1.165, 1.54) is 0 Å². The maximum atomic E-state index is 5.60. The van der Waals surface area contributed by atoms with E-state index in [1.54, 1.807) is 6.33 Å². The van der Waals surface area contributed by atoms with Crippen molar-refractivity contribution in [3.8, 4) is 23.8 Å². The first-order valence-electron chi connectivity index (χ1n) is 8.93. The van der Waals surface area contributed by atoms with Gasteiger partial charge in [0.2, 0.25) is 6.79 Å². The number of ether oxygens (including phenoxy) is 2. The Bertz CT molecular complexity index is 908. The van der Waals surface area contributed by atoms with Crippen LogP contribution in [0.2, 0.25) is 0 Å². The summed E-state index contributed by atoms with van der Waals surface area (Å²) in [5.41, 5.74) is 3.61. The molecule has 1 aliphatic rings. The summed E-state index contributed by atoms with van der Waals surface area (Å²) in [4.78, 5) is 8.71. The zero-order chi connectivity index (χ0) is 18.9. The zero-order valence-corrected chi connectivity index (χ0v) is 15.7. The molecule has 1 aromatic heterocycles. The van der Waals surface area contributed by atoms with Gasteiger partial charge in [0.25, 0.3) is 0 Å². The Morgan fingerprint density at radius 3 is 2.46 bits per heavy atom. The van der Waals surface area contributed by atoms with Gasteiger partial charge in [-0.2, -0.15) is 0 Å². The normalized spacial score (nSPS) is 10.9. The van der Waals surface area contributed by atoms with Crippen molar-refractivity contribution < 1.29 is 9.47 Å². The number of hydrogen-bond acceptors (Lipinski definition) is 4. The maximum absolute atomic E-state index is 5.60. The minimum Gasteiger partial charge on any atom is -0.453 e. The van der Waals surface area contributed by atoms with Gasteiger partial charge in [-0.25, -0.2) is 9.97 Å². The van der Waals surface area contributed by atoms with Crippen LogP contribution in [0.4, 0.5) is 0 Å². The Morgan fingerprint density at radius 2 is 1.69 bits per heavy atom. The summed E-state index contributed by atoms with van der Waals surface area (Å²) in [6.45, 7) is 8.20. The van der Waals surface area contributed by atoms with Gasteiger partial charge in [0, 0.05) is 17.4 Å². The number of hydrogen-bond donors (Lipinski definition) is 0. The molecule has 2 aromatic carbocycles. The van der Waals surface area contributed by atoms with Gasteiger partial charge < -0.3 is 9.47 Å². The molecule has 0 radical (unpaired) electrons. The van der Waals surface area contributed by atoms with Crippen LogP contribution < -0.4 is 9.47 Å². The fourth-order valence-electron chi connectivity index (χ4n) is 2.69. The lowest BCUT2D eigenvalue weighted by Crippen LogP contribution is -1.98. The summed E-state index contributed by atoms with van der Waals surface area (Å²) < 4.78 is 11.1. The van der Waals surface area contributed by atoms with Gasteiger partial charge >= 0.3 is 0 Å². The fraction of sp³-hybridized carbons (Fsp3) is 0.273. The highest BCUT2D eigenvalue weighted by Gasteiger charge is 2.21. The van der Waals surface area contributed by atoms with E-state index in [0.29, 0.717) is 17.7 Å². The summed E-state index contributed by atoms with van der Waals surface area (Å²) in [6.07, 6.45) is 7.72. The van der Waals surface area contributed by atoms with E-state index in [1.807, 2.05) is 64.1 Å². The number of rotatable bonds is 2.